The van der Waals surface area contributed by atoms with Crippen LogP contribution in [0.4, 0.5) is 5.69 Å². The molecule has 0 unspecified atom stereocenters. The summed E-state index contributed by atoms with van der Waals surface area (Å²) in [6, 6.07) is 9.27. The first-order valence-electron chi connectivity index (χ1n) is 7.40. The lowest BCUT2D eigenvalue weighted by molar-refractivity contribution is 0.102. The third kappa shape index (κ3) is 3.73. The van der Waals surface area contributed by atoms with E-state index in [1.165, 1.54) is 30.4 Å². The van der Waals surface area contributed by atoms with Gasteiger partial charge in [-0.25, -0.2) is 9.97 Å². The standard InChI is InChI=1S/C18H16N4O2/c1-12-3-5-15(9-13(12)2)24-17-6-4-14(10-21-17)22-18(23)16-11-19-7-8-20-16/h3-11H,1-2H3,(H,22,23). The van der Waals surface area contributed by atoms with Crippen molar-refractivity contribution in [2.75, 3.05) is 5.32 Å². The third-order valence-electron chi connectivity index (χ3n) is 3.49. The number of anilines is 1. The van der Waals surface area contributed by atoms with Crippen LogP contribution in [-0.4, -0.2) is 20.9 Å². The summed E-state index contributed by atoms with van der Waals surface area (Å²) in [5.41, 5.74) is 3.16. The van der Waals surface area contributed by atoms with Gasteiger partial charge in [0.2, 0.25) is 5.88 Å². The average Bonchev–Trinajstić information content (AvgIpc) is 2.61. The Morgan fingerprint density at radius 1 is 1.00 bits per heavy atom. The van der Waals surface area contributed by atoms with Gasteiger partial charge < -0.3 is 10.1 Å². The molecule has 2 heterocycles. The Hall–Kier alpha value is -3.28. The van der Waals surface area contributed by atoms with Crippen LogP contribution in [0.2, 0.25) is 0 Å². The Kier molecular flexibility index (Phi) is 4.47. The molecule has 1 aromatic carbocycles. The molecule has 24 heavy (non-hydrogen) atoms. The number of carbonyl (C=O) groups is 1. The van der Waals surface area contributed by atoms with E-state index in [9.17, 15) is 4.79 Å². The average molecular weight is 320 g/mol. The van der Waals surface area contributed by atoms with Crippen molar-refractivity contribution in [3.63, 3.8) is 0 Å². The summed E-state index contributed by atoms with van der Waals surface area (Å²) in [4.78, 5) is 24.0. The van der Waals surface area contributed by atoms with Gasteiger partial charge in [-0.3, -0.25) is 9.78 Å². The van der Waals surface area contributed by atoms with E-state index in [1.54, 1.807) is 12.1 Å². The number of carbonyl (C=O) groups excluding carboxylic acids is 1. The van der Waals surface area contributed by atoms with Gasteiger partial charge in [-0.15, -0.1) is 0 Å². The maximum absolute atomic E-state index is 12.0. The van der Waals surface area contributed by atoms with Gasteiger partial charge in [0.15, 0.2) is 0 Å². The second-order valence-corrected chi connectivity index (χ2v) is 5.28. The summed E-state index contributed by atoms with van der Waals surface area (Å²) in [6.45, 7) is 4.08. The summed E-state index contributed by atoms with van der Waals surface area (Å²) >= 11 is 0. The molecule has 0 bridgehead atoms. The topological polar surface area (TPSA) is 77.0 Å². The highest BCUT2D eigenvalue weighted by atomic mass is 16.5. The van der Waals surface area contributed by atoms with Gasteiger partial charge in [0.25, 0.3) is 5.91 Å². The second-order valence-electron chi connectivity index (χ2n) is 5.28. The number of nitrogens with zero attached hydrogens (tertiary/aromatic N) is 3. The first-order chi connectivity index (χ1) is 11.6. The molecule has 0 saturated heterocycles. The number of hydrogen-bond acceptors (Lipinski definition) is 5. The number of benzene rings is 1. The van der Waals surface area contributed by atoms with Crippen molar-refractivity contribution in [1.29, 1.82) is 0 Å². The van der Waals surface area contributed by atoms with Crippen molar-refractivity contribution in [1.82, 2.24) is 15.0 Å². The predicted octanol–water partition coefficient (Wildman–Crippen LogP) is 3.53. The Morgan fingerprint density at radius 2 is 1.88 bits per heavy atom. The fourth-order valence-electron chi connectivity index (χ4n) is 2.02. The largest absolute Gasteiger partial charge is 0.439 e. The third-order valence-corrected chi connectivity index (χ3v) is 3.49. The minimum atomic E-state index is -0.340. The number of pyridine rings is 1. The lowest BCUT2D eigenvalue weighted by atomic mass is 10.1. The van der Waals surface area contributed by atoms with Crippen LogP contribution in [0.5, 0.6) is 11.6 Å². The van der Waals surface area contributed by atoms with E-state index in [0.717, 1.165) is 11.3 Å². The van der Waals surface area contributed by atoms with Gasteiger partial charge >= 0.3 is 0 Å². The first kappa shape index (κ1) is 15.6. The van der Waals surface area contributed by atoms with Crippen molar-refractivity contribution in [3.8, 4) is 11.6 Å². The molecule has 120 valence electrons. The molecular weight excluding hydrogens is 304 g/mol. The number of nitrogens with one attached hydrogen (secondary N) is 1. The zero-order chi connectivity index (χ0) is 16.9. The molecule has 6 heteroatoms. The van der Waals surface area contributed by atoms with Crippen LogP contribution in [0.15, 0.2) is 55.1 Å². The van der Waals surface area contributed by atoms with E-state index in [1.807, 2.05) is 32.0 Å². The Bertz CT molecular complexity index is 849. The number of aryl methyl sites for hydroxylation is 2. The molecule has 3 rings (SSSR count). The number of ether oxygens (including phenoxy) is 1. The van der Waals surface area contributed by atoms with Crippen LogP contribution in [0.3, 0.4) is 0 Å². The molecule has 0 atom stereocenters. The highest BCUT2D eigenvalue weighted by Crippen LogP contribution is 2.23. The number of amides is 1. The van der Waals surface area contributed by atoms with Gasteiger partial charge in [0.1, 0.15) is 11.4 Å². The minimum Gasteiger partial charge on any atom is -0.439 e. The molecule has 0 radical (unpaired) electrons. The summed E-state index contributed by atoms with van der Waals surface area (Å²) in [5, 5.41) is 2.71. The lowest BCUT2D eigenvalue weighted by Crippen LogP contribution is -2.13. The molecule has 0 aliphatic heterocycles. The zero-order valence-electron chi connectivity index (χ0n) is 13.4. The van der Waals surface area contributed by atoms with Crippen molar-refractivity contribution >= 4 is 11.6 Å². The molecule has 3 aromatic rings. The number of aromatic nitrogens is 3. The van der Waals surface area contributed by atoms with E-state index in [-0.39, 0.29) is 11.6 Å². The van der Waals surface area contributed by atoms with Gasteiger partial charge in [-0.2, -0.15) is 0 Å². The van der Waals surface area contributed by atoms with Crippen LogP contribution in [0.25, 0.3) is 0 Å². The van der Waals surface area contributed by atoms with Gasteiger partial charge in [0.05, 0.1) is 18.1 Å². The molecular formula is C18H16N4O2. The SMILES string of the molecule is Cc1ccc(Oc2ccc(NC(=O)c3cnccn3)cn2)cc1C. The molecule has 0 aliphatic rings. The monoisotopic (exact) mass is 320 g/mol. The zero-order valence-corrected chi connectivity index (χ0v) is 13.4. The van der Waals surface area contributed by atoms with Crippen LogP contribution in [0, 0.1) is 13.8 Å². The van der Waals surface area contributed by atoms with Gasteiger partial charge in [0, 0.05) is 18.5 Å². The first-order valence-corrected chi connectivity index (χ1v) is 7.40. The predicted molar refractivity (Wildman–Crippen MR) is 90.2 cm³/mol. The molecule has 0 saturated carbocycles. The minimum absolute atomic E-state index is 0.243. The van der Waals surface area contributed by atoms with Crippen LogP contribution >= 0.6 is 0 Å². The summed E-state index contributed by atoms with van der Waals surface area (Å²) in [6.07, 6.45) is 5.91. The van der Waals surface area contributed by atoms with E-state index in [4.69, 9.17) is 4.74 Å². The molecule has 1 amide bonds. The molecule has 2 aromatic heterocycles. The smallest absolute Gasteiger partial charge is 0.275 e. The van der Waals surface area contributed by atoms with Crippen LogP contribution in [0.1, 0.15) is 21.6 Å². The Balaban J connectivity index is 1.67. The van der Waals surface area contributed by atoms with Crippen molar-refractivity contribution in [3.05, 3.63) is 71.9 Å². The maximum Gasteiger partial charge on any atom is 0.275 e. The van der Waals surface area contributed by atoms with Crippen LogP contribution in [-0.2, 0) is 0 Å². The van der Waals surface area contributed by atoms with Crippen molar-refractivity contribution < 1.29 is 9.53 Å². The number of rotatable bonds is 4. The van der Waals surface area contributed by atoms with E-state index >= 15 is 0 Å². The summed E-state index contributed by atoms with van der Waals surface area (Å²) < 4.78 is 5.71. The van der Waals surface area contributed by atoms with E-state index in [2.05, 4.69) is 20.3 Å². The molecule has 0 spiro atoms. The Labute approximate surface area is 139 Å². The molecule has 6 nitrogen and oxygen atoms in total. The van der Waals surface area contributed by atoms with Crippen molar-refractivity contribution in [2.45, 2.75) is 13.8 Å². The fraction of sp³-hybridized carbons (Fsp3) is 0.111. The van der Waals surface area contributed by atoms with E-state index < -0.39 is 0 Å². The van der Waals surface area contributed by atoms with Gasteiger partial charge in [-0.1, -0.05) is 6.07 Å². The quantitative estimate of drug-likeness (QED) is 0.795. The molecule has 0 aliphatic carbocycles. The Morgan fingerprint density at radius 3 is 2.54 bits per heavy atom. The summed E-state index contributed by atoms with van der Waals surface area (Å²) in [5.74, 6) is 0.838. The maximum atomic E-state index is 12.0. The second kappa shape index (κ2) is 6.87. The normalized spacial score (nSPS) is 10.2. The van der Waals surface area contributed by atoms with E-state index in [0.29, 0.717) is 11.6 Å². The highest BCUT2D eigenvalue weighted by Gasteiger charge is 2.08. The summed E-state index contributed by atoms with van der Waals surface area (Å²) in [7, 11) is 0. The lowest BCUT2D eigenvalue weighted by Gasteiger charge is -2.08. The van der Waals surface area contributed by atoms with Crippen LogP contribution < -0.4 is 10.1 Å². The van der Waals surface area contributed by atoms with Crippen molar-refractivity contribution in [2.24, 2.45) is 0 Å². The fourth-order valence-corrected chi connectivity index (χ4v) is 2.02. The molecule has 1 N–H and O–H groups in total. The van der Waals surface area contributed by atoms with Gasteiger partial charge in [-0.05, 0) is 43.2 Å². The molecule has 0 fully saturated rings. The highest BCUT2D eigenvalue weighted by molar-refractivity contribution is 6.02. The number of hydrogen-bond donors (Lipinski definition) is 1.